The van der Waals surface area contributed by atoms with E-state index in [4.69, 9.17) is 4.98 Å². The quantitative estimate of drug-likeness (QED) is 0.376. The number of benzene rings is 1. The summed E-state index contributed by atoms with van der Waals surface area (Å²) in [7, 11) is 3.85. The zero-order chi connectivity index (χ0) is 22.8. The second-order valence-corrected chi connectivity index (χ2v) is 10.4. The first-order chi connectivity index (χ1) is 14.4. The molecule has 0 fully saturated rings. The number of hydrogen-bond acceptors (Lipinski definition) is 5. The summed E-state index contributed by atoms with van der Waals surface area (Å²) >= 11 is 0. The minimum Gasteiger partial charge on any atom is -0.347 e. The van der Waals surface area contributed by atoms with Crippen LogP contribution < -0.4 is 4.90 Å². The molecule has 0 bridgehead atoms. The Bertz CT molecular complexity index is 1150. The van der Waals surface area contributed by atoms with Gasteiger partial charge in [0.1, 0.15) is 5.82 Å². The molecule has 0 unspecified atom stereocenters. The van der Waals surface area contributed by atoms with Gasteiger partial charge in [-0.2, -0.15) is 9.97 Å². The second kappa shape index (κ2) is 8.00. The molecule has 3 aromatic rings. The third-order valence-electron chi connectivity index (χ3n) is 7.86. The number of anilines is 1. The molecule has 0 spiro atoms. The zero-order valence-electron chi connectivity index (χ0n) is 20.5. The molecule has 4 rings (SSSR count). The molecule has 5 nitrogen and oxygen atoms in total. The van der Waals surface area contributed by atoms with Crippen molar-refractivity contribution >= 4 is 5.95 Å². The number of rotatable bonds is 3. The zero-order valence-corrected chi connectivity index (χ0v) is 22.9. The molecule has 0 aliphatic heterocycles. The molecule has 0 saturated heterocycles. The van der Waals surface area contributed by atoms with Crippen LogP contribution in [-0.4, -0.2) is 34.0 Å². The van der Waals surface area contributed by atoms with Crippen molar-refractivity contribution in [3.8, 4) is 22.6 Å². The van der Waals surface area contributed by atoms with Gasteiger partial charge < -0.3 is 9.88 Å². The molecule has 1 aliphatic carbocycles. The van der Waals surface area contributed by atoms with Crippen molar-refractivity contribution in [3.63, 3.8) is 0 Å². The normalized spacial score (nSPS) is 17.4. The summed E-state index contributed by atoms with van der Waals surface area (Å²) in [5.74, 6) is 1.97. The minimum absolute atomic E-state index is 0. The van der Waals surface area contributed by atoms with E-state index in [2.05, 4.69) is 74.7 Å². The summed E-state index contributed by atoms with van der Waals surface area (Å²) in [5, 5.41) is 0. The maximum Gasteiger partial charge on any atom is 0.228 e. The van der Waals surface area contributed by atoms with Gasteiger partial charge in [-0.3, -0.25) is 0 Å². The van der Waals surface area contributed by atoms with Crippen molar-refractivity contribution in [2.24, 2.45) is 5.41 Å². The van der Waals surface area contributed by atoms with Crippen molar-refractivity contribution < 1.29 is 20.1 Å². The third kappa shape index (κ3) is 3.58. The Kier molecular flexibility index (Phi) is 6.12. The molecule has 1 radical (unpaired) electrons. The minimum atomic E-state index is 0. The molecular formula is C26H32IrN5-. The van der Waals surface area contributed by atoms with Gasteiger partial charge in [0, 0.05) is 46.0 Å². The largest absolute Gasteiger partial charge is 0.347 e. The summed E-state index contributed by atoms with van der Waals surface area (Å²) in [6, 6.07) is 12.0. The van der Waals surface area contributed by atoms with Gasteiger partial charge in [-0.05, 0) is 28.9 Å². The van der Waals surface area contributed by atoms with Gasteiger partial charge in [-0.15, -0.1) is 34.9 Å². The molecule has 0 N–H and O–H groups in total. The first-order valence-electron chi connectivity index (χ1n) is 10.8. The van der Waals surface area contributed by atoms with Gasteiger partial charge in [0.05, 0.1) is 0 Å². The first-order valence-corrected chi connectivity index (χ1v) is 10.8. The maximum atomic E-state index is 4.73. The van der Waals surface area contributed by atoms with Crippen molar-refractivity contribution in [3.05, 3.63) is 53.5 Å². The average Bonchev–Trinajstić information content (AvgIpc) is 2.82. The van der Waals surface area contributed by atoms with Crippen LogP contribution in [0.5, 0.6) is 0 Å². The van der Waals surface area contributed by atoms with Gasteiger partial charge in [-0.1, -0.05) is 53.7 Å². The van der Waals surface area contributed by atoms with E-state index in [0.29, 0.717) is 17.6 Å². The van der Waals surface area contributed by atoms with Gasteiger partial charge in [-0.25, -0.2) is 4.98 Å². The number of aryl methyl sites for hydroxylation is 1. The summed E-state index contributed by atoms with van der Waals surface area (Å²) in [6.07, 6.45) is 1.84. The summed E-state index contributed by atoms with van der Waals surface area (Å²) in [4.78, 5) is 20.0. The van der Waals surface area contributed by atoms with Gasteiger partial charge >= 0.3 is 0 Å². The van der Waals surface area contributed by atoms with E-state index < -0.39 is 0 Å². The predicted octanol–water partition coefficient (Wildman–Crippen LogP) is 5.37. The summed E-state index contributed by atoms with van der Waals surface area (Å²) < 4.78 is 0. The monoisotopic (exact) mass is 607 g/mol. The molecule has 171 valence electrons. The number of fused-ring (bicyclic) bond motifs is 1. The molecule has 6 heteroatoms. The maximum absolute atomic E-state index is 4.73. The smallest absolute Gasteiger partial charge is 0.228 e. The van der Waals surface area contributed by atoms with Crippen molar-refractivity contribution in [2.45, 2.75) is 59.3 Å². The van der Waals surface area contributed by atoms with Crippen molar-refractivity contribution in [1.82, 2.24) is 19.9 Å². The fraction of sp³-hybridized carbons (Fsp3) is 0.462. The van der Waals surface area contributed by atoms with Gasteiger partial charge in [0.15, 0.2) is 5.82 Å². The van der Waals surface area contributed by atoms with Crippen LogP contribution in [0.25, 0.3) is 22.6 Å². The predicted molar refractivity (Wildman–Crippen MR) is 126 cm³/mol. The van der Waals surface area contributed by atoms with Gasteiger partial charge in [0.25, 0.3) is 0 Å². The third-order valence-corrected chi connectivity index (χ3v) is 7.86. The van der Waals surface area contributed by atoms with E-state index >= 15 is 0 Å². The van der Waals surface area contributed by atoms with Crippen LogP contribution in [0.3, 0.4) is 0 Å². The Balaban J connectivity index is 0.00000289. The Hall–Kier alpha value is -2.17. The molecule has 1 aliphatic rings. The Labute approximate surface area is 205 Å². The van der Waals surface area contributed by atoms with Gasteiger partial charge in [0.2, 0.25) is 5.95 Å². The van der Waals surface area contributed by atoms with Crippen molar-refractivity contribution in [2.75, 3.05) is 19.0 Å². The fourth-order valence-electron chi connectivity index (χ4n) is 4.61. The molecule has 0 amide bonds. The Morgan fingerprint density at radius 3 is 2.12 bits per heavy atom. The Morgan fingerprint density at radius 1 is 0.875 bits per heavy atom. The van der Waals surface area contributed by atoms with E-state index in [1.54, 1.807) is 0 Å². The van der Waals surface area contributed by atoms with E-state index in [1.807, 2.05) is 44.2 Å². The van der Waals surface area contributed by atoms with Crippen LogP contribution in [0.1, 0.15) is 58.5 Å². The SMILES string of the molecule is Cc1nc(-c2ccc(-c3[c-]cc4c(c3)C(C)(C)C(C)(C)C4(C)C)nc2)nc(N(C)C)n1.[Ir]. The molecule has 2 aromatic heterocycles. The molecule has 2 heterocycles. The van der Waals surface area contributed by atoms with Crippen LogP contribution in [-0.2, 0) is 30.9 Å². The van der Waals surface area contributed by atoms with Crippen LogP contribution in [0.4, 0.5) is 5.95 Å². The molecule has 1 aromatic carbocycles. The number of pyridine rings is 1. The number of aromatic nitrogens is 4. The number of nitrogens with zero attached hydrogens (tertiary/aromatic N) is 5. The van der Waals surface area contributed by atoms with E-state index in [0.717, 1.165) is 16.8 Å². The van der Waals surface area contributed by atoms with E-state index in [1.165, 1.54) is 11.1 Å². The fourth-order valence-corrected chi connectivity index (χ4v) is 4.61. The molecule has 32 heavy (non-hydrogen) atoms. The molecule has 0 atom stereocenters. The van der Waals surface area contributed by atoms with Crippen LogP contribution in [0.15, 0.2) is 30.5 Å². The van der Waals surface area contributed by atoms with Crippen LogP contribution in [0, 0.1) is 18.4 Å². The Morgan fingerprint density at radius 2 is 1.53 bits per heavy atom. The van der Waals surface area contributed by atoms with Crippen LogP contribution in [0.2, 0.25) is 0 Å². The summed E-state index contributed by atoms with van der Waals surface area (Å²) in [6.45, 7) is 16.0. The standard InChI is InChI=1S/C26H32N5.Ir/c1-16-28-22(30-23(29-16)31(8)9)18-11-13-21(27-15-18)17-10-12-19-20(14-17)25(4,5)26(6,7)24(19,2)3;/h11-15H,1-9H3;/q-1;. The topological polar surface area (TPSA) is 54.8 Å². The van der Waals surface area contributed by atoms with E-state index in [9.17, 15) is 0 Å². The summed E-state index contributed by atoms with van der Waals surface area (Å²) in [5.41, 5.74) is 5.86. The average molecular weight is 607 g/mol. The molecular weight excluding hydrogens is 575 g/mol. The van der Waals surface area contributed by atoms with E-state index in [-0.39, 0.29) is 36.4 Å². The number of hydrogen-bond donors (Lipinski definition) is 0. The second-order valence-electron chi connectivity index (χ2n) is 10.4. The molecule has 0 saturated carbocycles. The first kappa shape index (κ1) is 24.5. The van der Waals surface area contributed by atoms with Crippen molar-refractivity contribution in [1.29, 1.82) is 0 Å². The van der Waals surface area contributed by atoms with Crippen LogP contribution >= 0.6 is 0 Å².